The van der Waals surface area contributed by atoms with Gasteiger partial charge in [0.15, 0.2) is 6.61 Å². The van der Waals surface area contributed by atoms with Crippen molar-refractivity contribution in [1.82, 2.24) is 0 Å². The molecule has 3 rings (SSSR count). The number of amides is 2. The van der Waals surface area contributed by atoms with Gasteiger partial charge in [0, 0.05) is 5.69 Å². The maximum atomic E-state index is 12.5. The number of benzene rings is 3. The third-order valence-electron chi connectivity index (χ3n) is 4.47. The van der Waals surface area contributed by atoms with E-state index in [9.17, 15) is 14.4 Å². The van der Waals surface area contributed by atoms with Gasteiger partial charge in [-0.1, -0.05) is 48.5 Å². The molecule has 3 aromatic carbocycles. The number of carbonyl (C=O) groups is 3. The third-order valence-corrected chi connectivity index (χ3v) is 4.47. The topological polar surface area (TPSA) is 84.5 Å². The minimum Gasteiger partial charge on any atom is -0.452 e. The maximum absolute atomic E-state index is 12.5. The Labute approximate surface area is 181 Å². The van der Waals surface area contributed by atoms with Crippen molar-refractivity contribution in [3.63, 3.8) is 0 Å². The monoisotopic (exact) mass is 416 g/mol. The Balaban J connectivity index is 1.59. The predicted molar refractivity (Wildman–Crippen MR) is 120 cm³/mol. The molecule has 0 bridgehead atoms. The highest BCUT2D eigenvalue weighted by Gasteiger charge is 2.16. The average molecular weight is 416 g/mol. The van der Waals surface area contributed by atoms with E-state index in [1.807, 2.05) is 62.4 Å². The van der Waals surface area contributed by atoms with Crippen molar-refractivity contribution in [3.8, 4) is 0 Å². The number of esters is 1. The molecule has 0 saturated heterocycles. The lowest BCUT2D eigenvalue weighted by molar-refractivity contribution is -0.119. The first-order chi connectivity index (χ1) is 14.9. The van der Waals surface area contributed by atoms with Crippen LogP contribution in [0.5, 0.6) is 0 Å². The van der Waals surface area contributed by atoms with Crippen LogP contribution in [0.2, 0.25) is 0 Å². The summed E-state index contributed by atoms with van der Waals surface area (Å²) in [6.07, 6.45) is 0.183. The summed E-state index contributed by atoms with van der Waals surface area (Å²) in [5, 5.41) is 5.46. The number of hydrogen-bond donors (Lipinski definition) is 2. The number of carbonyl (C=O) groups excluding carboxylic acids is 3. The van der Waals surface area contributed by atoms with E-state index in [2.05, 4.69) is 10.6 Å². The van der Waals surface area contributed by atoms with Crippen LogP contribution >= 0.6 is 0 Å². The minimum atomic E-state index is -0.689. The Hall–Kier alpha value is -3.93. The van der Waals surface area contributed by atoms with Gasteiger partial charge in [0.05, 0.1) is 17.7 Å². The van der Waals surface area contributed by atoms with Crippen molar-refractivity contribution in [1.29, 1.82) is 0 Å². The molecule has 0 aliphatic heterocycles. The van der Waals surface area contributed by atoms with Crippen LogP contribution in [0.3, 0.4) is 0 Å². The van der Waals surface area contributed by atoms with Crippen LogP contribution in [0.15, 0.2) is 72.8 Å². The van der Waals surface area contributed by atoms with Crippen LogP contribution in [0.4, 0.5) is 11.4 Å². The summed E-state index contributed by atoms with van der Waals surface area (Å²) >= 11 is 0. The van der Waals surface area contributed by atoms with E-state index in [0.29, 0.717) is 11.4 Å². The van der Waals surface area contributed by atoms with Crippen molar-refractivity contribution in [2.24, 2.45) is 0 Å². The lowest BCUT2D eigenvalue weighted by Crippen LogP contribution is -2.22. The number of aryl methyl sites for hydroxylation is 2. The van der Waals surface area contributed by atoms with Crippen molar-refractivity contribution < 1.29 is 19.1 Å². The number of anilines is 2. The predicted octanol–water partition coefficient (Wildman–Crippen LogP) is 4.28. The molecule has 0 unspecified atom stereocenters. The zero-order chi connectivity index (χ0) is 22.2. The SMILES string of the molecule is Cc1cc(C)cc(NC(=O)COC(=O)c2ccccc2NC(=O)Cc2ccccc2)c1. The van der Waals surface area contributed by atoms with E-state index in [0.717, 1.165) is 16.7 Å². The summed E-state index contributed by atoms with van der Waals surface area (Å²) < 4.78 is 5.16. The molecule has 3 aromatic rings. The van der Waals surface area contributed by atoms with Crippen LogP contribution in [-0.2, 0) is 20.7 Å². The van der Waals surface area contributed by atoms with Gasteiger partial charge in [-0.3, -0.25) is 9.59 Å². The first-order valence-corrected chi connectivity index (χ1v) is 9.89. The molecule has 0 heterocycles. The van der Waals surface area contributed by atoms with Gasteiger partial charge in [-0.05, 0) is 54.8 Å². The van der Waals surface area contributed by atoms with Crippen LogP contribution in [0, 0.1) is 13.8 Å². The van der Waals surface area contributed by atoms with Crippen LogP contribution < -0.4 is 10.6 Å². The minimum absolute atomic E-state index is 0.183. The molecular formula is C25H24N2O4. The molecule has 6 nitrogen and oxygen atoms in total. The van der Waals surface area contributed by atoms with Gasteiger partial charge in [0.1, 0.15) is 0 Å². The smallest absolute Gasteiger partial charge is 0.340 e. The van der Waals surface area contributed by atoms with Gasteiger partial charge in [-0.25, -0.2) is 4.79 Å². The van der Waals surface area contributed by atoms with Crippen molar-refractivity contribution in [2.45, 2.75) is 20.3 Å². The molecule has 2 N–H and O–H groups in total. The number of nitrogens with one attached hydrogen (secondary N) is 2. The Morgan fingerprint density at radius 2 is 1.42 bits per heavy atom. The average Bonchev–Trinajstić information content (AvgIpc) is 2.72. The summed E-state index contributed by atoms with van der Waals surface area (Å²) in [6, 6.07) is 21.5. The van der Waals surface area contributed by atoms with Gasteiger partial charge in [-0.15, -0.1) is 0 Å². The fraction of sp³-hybridized carbons (Fsp3) is 0.160. The summed E-state index contributed by atoms with van der Waals surface area (Å²) in [6.45, 7) is 3.44. The molecule has 158 valence electrons. The number of ether oxygens (including phenoxy) is 1. The van der Waals surface area contributed by atoms with E-state index < -0.39 is 18.5 Å². The maximum Gasteiger partial charge on any atom is 0.340 e. The number of para-hydroxylation sites is 1. The molecule has 0 aliphatic rings. The number of hydrogen-bond acceptors (Lipinski definition) is 4. The largest absolute Gasteiger partial charge is 0.452 e. The number of rotatable bonds is 7. The van der Waals surface area contributed by atoms with Gasteiger partial charge >= 0.3 is 5.97 Å². The first kappa shape index (κ1) is 21.8. The summed E-state index contributed by atoms with van der Waals surface area (Å²) in [5.41, 5.74) is 4.07. The van der Waals surface area contributed by atoms with E-state index in [1.54, 1.807) is 24.3 Å². The van der Waals surface area contributed by atoms with E-state index in [-0.39, 0.29) is 17.9 Å². The second-order valence-electron chi connectivity index (χ2n) is 7.26. The van der Waals surface area contributed by atoms with E-state index >= 15 is 0 Å². The lowest BCUT2D eigenvalue weighted by atomic mass is 10.1. The van der Waals surface area contributed by atoms with Gasteiger partial charge in [0.25, 0.3) is 5.91 Å². The molecule has 6 heteroatoms. The third kappa shape index (κ3) is 6.54. The molecule has 0 saturated carbocycles. The second-order valence-corrected chi connectivity index (χ2v) is 7.26. The van der Waals surface area contributed by atoms with Gasteiger partial charge in [0.2, 0.25) is 5.91 Å². The van der Waals surface area contributed by atoms with Crippen LogP contribution in [-0.4, -0.2) is 24.4 Å². The van der Waals surface area contributed by atoms with Crippen molar-refractivity contribution in [2.75, 3.05) is 17.2 Å². The van der Waals surface area contributed by atoms with Gasteiger partial charge < -0.3 is 15.4 Å². The molecule has 0 aliphatic carbocycles. The van der Waals surface area contributed by atoms with Crippen molar-refractivity contribution >= 4 is 29.2 Å². The van der Waals surface area contributed by atoms with Gasteiger partial charge in [-0.2, -0.15) is 0 Å². The fourth-order valence-corrected chi connectivity index (χ4v) is 3.20. The molecule has 2 amide bonds. The highest BCUT2D eigenvalue weighted by Crippen LogP contribution is 2.17. The molecule has 0 aromatic heterocycles. The summed E-state index contributed by atoms with van der Waals surface area (Å²) in [5.74, 6) is -1.38. The molecular weight excluding hydrogens is 392 g/mol. The molecule has 0 atom stereocenters. The highest BCUT2D eigenvalue weighted by atomic mass is 16.5. The Morgan fingerprint density at radius 1 is 0.774 bits per heavy atom. The standard InChI is InChI=1S/C25H24N2O4/c1-17-12-18(2)14-20(13-17)26-24(29)16-31-25(30)21-10-6-7-11-22(21)27-23(28)15-19-8-4-3-5-9-19/h3-14H,15-16H2,1-2H3,(H,26,29)(H,27,28). The quantitative estimate of drug-likeness (QED) is 0.563. The normalized spacial score (nSPS) is 10.3. The first-order valence-electron chi connectivity index (χ1n) is 9.89. The lowest BCUT2D eigenvalue weighted by Gasteiger charge is -2.12. The zero-order valence-electron chi connectivity index (χ0n) is 17.5. The highest BCUT2D eigenvalue weighted by molar-refractivity contribution is 6.02. The summed E-state index contributed by atoms with van der Waals surface area (Å²) in [7, 11) is 0. The Bertz CT molecular complexity index is 1070. The Kier molecular flexibility index (Phi) is 7.17. The fourth-order valence-electron chi connectivity index (χ4n) is 3.20. The van der Waals surface area contributed by atoms with Crippen molar-refractivity contribution in [3.05, 3.63) is 95.1 Å². The summed E-state index contributed by atoms with van der Waals surface area (Å²) in [4.78, 5) is 37.0. The molecule has 31 heavy (non-hydrogen) atoms. The zero-order valence-corrected chi connectivity index (χ0v) is 17.5. The van der Waals surface area contributed by atoms with Crippen LogP contribution in [0.25, 0.3) is 0 Å². The molecule has 0 fully saturated rings. The molecule has 0 spiro atoms. The Morgan fingerprint density at radius 3 is 2.13 bits per heavy atom. The second kappa shape index (κ2) is 10.2. The van der Waals surface area contributed by atoms with E-state index in [1.165, 1.54) is 0 Å². The molecule has 0 radical (unpaired) electrons. The van der Waals surface area contributed by atoms with Crippen LogP contribution in [0.1, 0.15) is 27.0 Å². The van der Waals surface area contributed by atoms with E-state index in [4.69, 9.17) is 4.74 Å².